The fourth-order valence-corrected chi connectivity index (χ4v) is 1.54. The third kappa shape index (κ3) is 6.35. The molecular weight excluding hydrogens is 178 g/mol. The number of nitrogens with one attached hydrogen (secondary N) is 1. The van der Waals surface area contributed by atoms with Crippen LogP contribution in [-0.4, -0.2) is 37.5 Å². The molecule has 2 N–H and O–H groups in total. The first kappa shape index (κ1) is 13.9. The number of hydrogen-bond donors (Lipinski definition) is 2. The number of aliphatic hydroxyl groups is 1. The van der Waals surface area contributed by atoms with Gasteiger partial charge in [0.05, 0.1) is 12.2 Å². The lowest BCUT2D eigenvalue weighted by Crippen LogP contribution is -2.36. The van der Waals surface area contributed by atoms with Crippen LogP contribution < -0.4 is 5.32 Å². The lowest BCUT2D eigenvalue weighted by Gasteiger charge is -2.22. The molecule has 0 heterocycles. The monoisotopic (exact) mass is 203 g/mol. The van der Waals surface area contributed by atoms with E-state index in [-0.39, 0.29) is 12.2 Å². The van der Waals surface area contributed by atoms with Gasteiger partial charge in [-0.1, -0.05) is 12.8 Å². The quantitative estimate of drug-likeness (QED) is 0.588. The third-order valence-electron chi connectivity index (χ3n) is 2.68. The number of ether oxygens (including phenoxy) is 1. The van der Waals surface area contributed by atoms with Gasteiger partial charge in [-0.15, -0.1) is 0 Å². The van der Waals surface area contributed by atoms with Gasteiger partial charge in [0.25, 0.3) is 0 Å². The van der Waals surface area contributed by atoms with Crippen LogP contribution in [0.15, 0.2) is 0 Å². The van der Waals surface area contributed by atoms with Gasteiger partial charge < -0.3 is 15.2 Å². The Morgan fingerprint density at radius 1 is 1.21 bits per heavy atom. The van der Waals surface area contributed by atoms with Crippen molar-refractivity contribution in [2.45, 2.75) is 57.8 Å². The lowest BCUT2D eigenvalue weighted by molar-refractivity contribution is 0.0659. The first-order valence-electron chi connectivity index (χ1n) is 5.50. The summed E-state index contributed by atoms with van der Waals surface area (Å²) in [5.41, 5.74) is 0. The number of methoxy groups -OCH3 is 1. The highest BCUT2D eigenvalue weighted by molar-refractivity contribution is 4.70. The summed E-state index contributed by atoms with van der Waals surface area (Å²) in [4.78, 5) is 0. The molecule has 0 aliphatic carbocycles. The minimum Gasteiger partial charge on any atom is -0.393 e. The second-order valence-corrected chi connectivity index (χ2v) is 3.98. The summed E-state index contributed by atoms with van der Waals surface area (Å²) in [6, 6.07) is 0.395. The van der Waals surface area contributed by atoms with E-state index in [9.17, 15) is 0 Å². The van der Waals surface area contributed by atoms with Crippen molar-refractivity contribution in [2.24, 2.45) is 0 Å². The molecule has 0 bridgehead atoms. The zero-order valence-electron chi connectivity index (χ0n) is 9.92. The predicted molar refractivity (Wildman–Crippen MR) is 59.5 cm³/mol. The molecule has 0 radical (unpaired) electrons. The van der Waals surface area contributed by atoms with Gasteiger partial charge in [0, 0.05) is 13.2 Å². The molecule has 0 aliphatic rings. The van der Waals surface area contributed by atoms with E-state index >= 15 is 0 Å². The number of likely N-dealkylation sites (N-methyl/N-ethyl adjacent to an activating group) is 1. The van der Waals surface area contributed by atoms with E-state index in [1.165, 1.54) is 0 Å². The Balaban J connectivity index is 3.52. The summed E-state index contributed by atoms with van der Waals surface area (Å²) in [7, 11) is 3.71. The fourth-order valence-electron chi connectivity index (χ4n) is 1.54. The Hall–Kier alpha value is -0.120. The molecule has 2 unspecified atom stereocenters. The maximum absolute atomic E-state index is 9.09. The Morgan fingerprint density at radius 2 is 1.79 bits per heavy atom. The first-order chi connectivity index (χ1) is 6.61. The van der Waals surface area contributed by atoms with Crippen molar-refractivity contribution >= 4 is 0 Å². The Bertz CT molecular complexity index is 128. The van der Waals surface area contributed by atoms with Crippen molar-refractivity contribution in [3.05, 3.63) is 0 Å². The smallest absolute Gasteiger partial charge is 0.0721 e. The molecule has 86 valence electrons. The van der Waals surface area contributed by atoms with Crippen LogP contribution in [-0.2, 0) is 4.74 Å². The molecule has 3 heteroatoms. The minimum absolute atomic E-state index is 0.169. The molecule has 0 fully saturated rings. The summed E-state index contributed by atoms with van der Waals surface area (Å²) < 4.78 is 5.39. The molecule has 0 aliphatic heterocycles. The first-order valence-corrected chi connectivity index (χ1v) is 5.50. The van der Waals surface area contributed by atoms with Crippen LogP contribution in [0, 0.1) is 0 Å². The van der Waals surface area contributed by atoms with E-state index < -0.39 is 0 Å². The van der Waals surface area contributed by atoms with E-state index in [0.29, 0.717) is 6.04 Å². The van der Waals surface area contributed by atoms with Crippen LogP contribution in [0.1, 0.15) is 39.5 Å². The number of hydrogen-bond acceptors (Lipinski definition) is 3. The molecule has 0 aromatic carbocycles. The average Bonchev–Trinajstić information content (AvgIpc) is 2.16. The largest absolute Gasteiger partial charge is 0.393 e. The maximum Gasteiger partial charge on any atom is 0.0721 e. The highest BCUT2D eigenvalue weighted by Gasteiger charge is 2.13. The molecule has 14 heavy (non-hydrogen) atoms. The Kier molecular flexibility index (Phi) is 8.14. The van der Waals surface area contributed by atoms with Gasteiger partial charge in [-0.05, 0) is 33.7 Å². The van der Waals surface area contributed by atoms with Gasteiger partial charge in [-0.25, -0.2) is 0 Å². The molecule has 3 nitrogen and oxygen atoms in total. The summed E-state index contributed by atoms with van der Waals surface area (Å²) in [6.07, 6.45) is 4.27. The topological polar surface area (TPSA) is 41.5 Å². The number of aliphatic hydroxyl groups excluding tert-OH is 1. The van der Waals surface area contributed by atoms with Crippen molar-refractivity contribution in [1.82, 2.24) is 5.32 Å². The molecule has 0 rings (SSSR count). The van der Waals surface area contributed by atoms with Crippen molar-refractivity contribution in [1.29, 1.82) is 0 Å². The lowest BCUT2D eigenvalue weighted by atomic mass is 10.0. The second kappa shape index (κ2) is 8.21. The molecule has 0 aromatic rings. The van der Waals surface area contributed by atoms with Crippen LogP contribution in [0.4, 0.5) is 0 Å². The Labute approximate surface area is 87.8 Å². The van der Waals surface area contributed by atoms with E-state index in [4.69, 9.17) is 9.84 Å². The second-order valence-electron chi connectivity index (χ2n) is 3.98. The zero-order chi connectivity index (χ0) is 11.0. The summed E-state index contributed by atoms with van der Waals surface area (Å²) >= 11 is 0. The molecular formula is C11H25NO2. The SMILES string of the molecule is CNC(C)C(CCCC[C@H](C)O)OC. The van der Waals surface area contributed by atoms with Gasteiger partial charge in [0.1, 0.15) is 0 Å². The highest BCUT2D eigenvalue weighted by Crippen LogP contribution is 2.10. The highest BCUT2D eigenvalue weighted by atomic mass is 16.5. The normalized spacial score (nSPS) is 17.8. The Morgan fingerprint density at radius 3 is 2.21 bits per heavy atom. The molecule has 0 spiro atoms. The zero-order valence-corrected chi connectivity index (χ0v) is 9.92. The summed E-state index contributed by atoms with van der Waals surface area (Å²) in [5, 5.41) is 12.3. The molecule has 0 aromatic heterocycles. The van der Waals surface area contributed by atoms with Crippen molar-refractivity contribution in [3.8, 4) is 0 Å². The number of rotatable bonds is 8. The predicted octanol–water partition coefficient (Wildman–Crippen LogP) is 1.55. The van der Waals surface area contributed by atoms with E-state index in [0.717, 1.165) is 25.7 Å². The summed E-state index contributed by atoms with van der Waals surface area (Å²) in [6.45, 7) is 3.97. The number of unbranched alkanes of at least 4 members (excludes halogenated alkanes) is 1. The van der Waals surface area contributed by atoms with Gasteiger partial charge >= 0.3 is 0 Å². The standard InChI is InChI=1S/C11H25NO2/c1-9(13)7-5-6-8-11(14-4)10(2)12-3/h9-13H,5-8H2,1-4H3/t9-,10?,11?/m0/s1. The van der Waals surface area contributed by atoms with E-state index in [2.05, 4.69) is 12.2 Å². The van der Waals surface area contributed by atoms with Crippen LogP contribution >= 0.6 is 0 Å². The minimum atomic E-state index is -0.169. The van der Waals surface area contributed by atoms with Gasteiger partial charge in [-0.2, -0.15) is 0 Å². The van der Waals surface area contributed by atoms with Gasteiger partial charge in [-0.3, -0.25) is 0 Å². The van der Waals surface area contributed by atoms with Crippen molar-refractivity contribution in [2.75, 3.05) is 14.2 Å². The van der Waals surface area contributed by atoms with Crippen molar-refractivity contribution in [3.63, 3.8) is 0 Å². The van der Waals surface area contributed by atoms with Crippen molar-refractivity contribution < 1.29 is 9.84 Å². The average molecular weight is 203 g/mol. The summed E-state index contributed by atoms with van der Waals surface area (Å²) in [5.74, 6) is 0. The van der Waals surface area contributed by atoms with Crippen LogP contribution in [0.5, 0.6) is 0 Å². The fraction of sp³-hybridized carbons (Fsp3) is 1.00. The van der Waals surface area contributed by atoms with Gasteiger partial charge in [0.2, 0.25) is 0 Å². The van der Waals surface area contributed by atoms with Gasteiger partial charge in [0.15, 0.2) is 0 Å². The van der Waals surface area contributed by atoms with Crippen LogP contribution in [0.3, 0.4) is 0 Å². The molecule has 0 amide bonds. The maximum atomic E-state index is 9.09. The van der Waals surface area contributed by atoms with E-state index in [1.807, 2.05) is 14.0 Å². The van der Waals surface area contributed by atoms with E-state index in [1.54, 1.807) is 7.11 Å². The molecule has 3 atom stereocenters. The molecule has 0 saturated heterocycles. The molecule has 0 saturated carbocycles. The third-order valence-corrected chi connectivity index (χ3v) is 2.68. The van der Waals surface area contributed by atoms with Crippen LogP contribution in [0.25, 0.3) is 0 Å². The van der Waals surface area contributed by atoms with Crippen LogP contribution in [0.2, 0.25) is 0 Å².